The van der Waals surface area contributed by atoms with Gasteiger partial charge in [0.15, 0.2) is 0 Å². The number of amides is 1. The number of nitrogens with one attached hydrogen (secondary N) is 1. The molecule has 0 aromatic rings. The van der Waals surface area contributed by atoms with Crippen molar-refractivity contribution in [3.8, 4) is 0 Å². The molecule has 0 atom stereocenters. The van der Waals surface area contributed by atoms with Gasteiger partial charge >= 0.3 is 0 Å². The molecule has 1 saturated heterocycles. The van der Waals surface area contributed by atoms with E-state index in [0.717, 1.165) is 17.9 Å². The number of hydrogen-bond donors (Lipinski definition) is 1. The van der Waals surface area contributed by atoms with Gasteiger partial charge in [-0.2, -0.15) is 0 Å². The van der Waals surface area contributed by atoms with Crippen LogP contribution in [0.3, 0.4) is 0 Å². The molecule has 1 heterocycles. The van der Waals surface area contributed by atoms with Gasteiger partial charge in [0.1, 0.15) is 0 Å². The molecule has 1 fully saturated rings. The van der Waals surface area contributed by atoms with E-state index >= 15 is 0 Å². The van der Waals surface area contributed by atoms with Gasteiger partial charge in [-0.15, -0.1) is 0 Å². The van der Waals surface area contributed by atoms with Crippen molar-refractivity contribution in [3.63, 3.8) is 0 Å². The van der Waals surface area contributed by atoms with E-state index in [9.17, 15) is 9.00 Å². The van der Waals surface area contributed by atoms with Crippen molar-refractivity contribution in [1.82, 2.24) is 5.32 Å². The zero-order valence-electron chi connectivity index (χ0n) is 8.91. The molecular formula is C10H19NO2S. The molecule has 0 spiro atoms. The quantitative estimate of drug-likeness (QED) is 0.697. The highest BCUT2D eigenvalue weighted by molar-refractivity contribution is 8.01. The van der Waals surface area contributed by atoms with Crippen molar-refractivity contribution in [2.24, 2.45) is 11.8 Å². The average molecular weight is 217 g/mol. The van der Waals surface area contributed by atoms with E-state index in [2.05, 4.69) is 11.2 Å². The monoisotopic (exact) mass is 217 g/mol. The average Bonchev–Trinajstić information content (AvgIpc) is 2.00. The Morgan fingerprint density at radius 2 is 2.14 bits per heavy atom. The zero-order chi connectivity index (χ0) is 10.8. The first-order valence-corrected chi connectivity index (χ1v) is 7.07. The van der Waals surface area contributed by atoms with Crippen molar-refractivity contribution in [2.45, 2.75) is 20.3 Å². The van der Waals surface area contributed by atoms with Gasteiger partial charge in [0.25, 0.3) is 0 Å². The third kappa shape index (κ3) is 3.33. The largest absolute Gasteiger partial charge is 0.356 e. The SMILES string of the molecule is C=S1(=O)CC(CCNC(=O)C(C)C)C1. The van der Waals surface area contributed by atoms with Crippen LogP contribution in [0.5, 0.6) is 0 Å². The summed E-state index contributed by atoms with van der Waals surface area (Å²) in [5, 5.41) is 2.86. The molecule has 1 amide bonds. The highest BCUT2D eigenvalue weighted by Crippen LogP contribution is 2.20. The Bertz CT molecular complexity index is 294. The second-order valence-electron chi connectivity index (χ2n) is 4.40. The van der Waals surface area contributed by atoms with Crippen LogP contribution in [0.1, 0.15) is 20.3 Å². The molecule has 1 rings (SSSR count). The lowest BCUT2D eigenvalue weighted by Crippen LogP contribution is -2.39. The molecule has 0 radical (unpaired) electrons. The summed E-state index contributed by atoms with van der Waals surface area (Å²) in [5.41, 5.74) is 0. The van der Waals surface area contributed by atoms with Crippen LogP contribution < -0.4 is 5.32 Å². The summed E-state index contributed by atoms with van der Waals surface area (Å²) in [6, 6.07) is 0. The first-order chi connectivity index (χ1) is 6.41. The molecule has 0 aliphatic carbocycles. The number of carbonyl (C=O) groups excluding carboxylic acids is 1. The number of rotatable bonds is 4. The van der Waals surface area contributed by atoms with Crippen LogP contribution in [0.25, 0.3) is 0 Å². The van der Waals surface area contributed by atoms with Crippen molar-refractivity contribution < 1.29 is 9.00 Å². The summed E-state index contributed by atoms with van der Waals surface area (Å²) in [6.45, 7) is 4.46. The molecule has 0 bridgehead atoms. The fourth-order valence-electron chi connectivity index (χ4n) is 1.58. The normalized spacial score (nSPS) is 31.2. The molecule has 4 heteroatoms. The summed E-state index contributed by atoms with van der Waals surface area (Å²) in [5.74, 6) is 5.77. The van der Waals surface area contributed by atoms with Gasteiger partial charge in [-0.1, -0.05) is 13.8 Å². The summed E-state index contributed by atoms with van der Waals surface area (Å²) in [4.78, 5) is 11.2. The van der Waals surface area contributed by atoms with Gasteiger partial charge in [0.2, 0.25) is 5.91 Å². The Morgan fingerprint density at radius 3 is 2.57 bits per heavy atom. The molecule has 1 aliphatic heterocycles. The standard InChI is InChI=1S/C10H19NO2S/c1-8(2)10(12)11-5-4-9-6-14(3,13)7-9/h8-9H,3-7H2,1-2H3,(H,11,12). The molecule has 3 nitrogen and oxygen atoms in total. The van der Waals surface area contributed by atoms with E-state index in [0.29, 0.717) is 12.5 Å². The van der Waals surface area contributed by atoms with Crippen LogP contribution >= 0.6 is 0 Å². The predicted molar refractivity (Wildman–Crippen MR) is 61.0 cm³/mol. The van der Waals surface area contributed by atoms with E-state index in [-0.39, 0.29) is 11.8 Å². The molecule has 0 aromatic heterocycles. The number of hydrogen-bond acceptors (Lipinski definition) is 2. The predicted octanol–water partition coefficient (Wildman–Crippen LogP) is 0.495. The smallest absolute Gasteiger partial charge is 0.222 e. The Morgan fingerprint density at radius 1 is 1.57 bits per heavy atom. The van der Waals surface area contributed by atoms with Crippen molar-refractivity contribution in [1.29, 1.82) is 0 Å². The fourth-order valence-corrected chi connectivity index (χ4v) is 3.53. The van der Waals surface area contributed by atoms with Gasteiger partial charge in [-0.3, -0.25) is 9.00 Å². The molecule has 0 unspecified atom stereocenters. The Labute approximate surface area is 86.3 Å². The molecule has 82 valence electrons. The van der Waals surface area contributed by atoms with Crippen molar-refractivity contribution >= 4 is 21.3 Å². The Balaban J connectivity index is 2.09. The first-order valence-electron chi connectivity index (χ1n) is 5.01. The van der Waals surface area contributed by atoms with E-state index < -0.39 is 9.52 Å². The lowest BCUT2D eigenvalue weighted by Gasteiger charge is -2.30. The van der Waals surface area contributed by atoms with Crippen LogP contribution in [0.4, 0.5) is 0 Å². The molecule has 1 N–H and O–H groups in total. The lowest BCUT2D eigenvalue weighted by molar-refractivity contribution is -0.124. The topological polar surface area (TPSA) is 46.2 Å². The zero-order valence-corrected chi connectivity index (χ0v) is 9.73. The maximum Gasteiger partial charge on any atom is 0.222 e. The van der Waals surface area contributed by atoms with E-state index in [4.69, 9.17) is 0 Å². The third-order valence-electron chi connectivity index (χ3n) is 2.46. The van der Waals surface area contributed by atoms with Crippen LogP contribution in [0, 0.1) is 11.8 Å². The molecule has 0 aromatic carbocycles. The van der Waals surface area contributed by atoms with Crippen molar-refractivity contribution in [3.05, 3.63) is 0 Å². The van der Waals surface area contributed by atoms with Gasteiger partial charge in [-0.25, -0.2) is 0 Å². The summed E-state index contributed by atoms with van der Waals surface area (Å²) in [7, 11) is -1.71. The summed E-state index contributed by atoms with van der Waals surface area (Å²) >= 11 is 0. The minimum Gasteiger partial charge on any atom is -0.356 e. The summed E-state index contributed by atoms with van der Waals surface area (Å²) in [6.07, 6.45) is 0.935. The van der Waals surface area contributed by atoms with E-state index in [1.54, 1.807) is 0 Å². The summed E-state index contributed by atoms with van der Waals surface area (Å²) < 4.78 is 11.3. The highest BCUT2D eigenvalue weighted by Gasteiger charge is 2.27. The second-order valence-corrected chi connectivity index (χ2v) is 7.00. The van der Waals surface area contributed by atoms with Crippen molar-refractivity contribution in [2.75, 3.05) is 18.1 Å². The molecule has 14 heavy (non-hydrogen) atoms. The van der Waals surface area contributed by atoms with E-state index in [1.165, 1.54) is 0 Å². The van der Waals surface area contributed by atoms with Crippen LogP contribution in [-0.4, -0.2) is 34.0 Å². The van der Waals surface area contributed by atoms with Gasteiger partial charge in [-0.05, 0) is 27.7 Å². The molecule has 0 saturated carbocycles. The van der Waals surface area contributed by atoms with Gasteiger partial charge in [0.05, 0.1) is 0 Å². The second kappa shape index (κ2) is 4.34. The third-order valence-corrected chi connectivity index (χ3v) is 4.61. The first kappa shape index (κ1) is 11.6. The van der Waals surface area contributed by atoms with Gasteiger partial charge < -0.3 is 5.32 Å². The molecular weight excluding hydrogens is 198 g/mol. The Kier molecular flexibility index (Phi) is 3.59. The lowest BCUT2D eigenvalue weighted by atomic mass is 10.1. The maximum atomic E-state index is 11.3. The van der Waals surface area contributed by atoms with Crippen LogP contribution in [-0.2, 0) is 14.3 Å². The van der Waals surface area contributed by atoms with Crippen LogP contribution in [0.2, 0.25) is 0 Å². The van der Waals surface area contributed by atoms with Gasteiger partial charge in [0, 0.05) is 24.0 Å². The highest BCUT2D eigenvalue weighted by atomic mass is 32.2. The fraction of sp³-hybridized carbons (Fsp3) is 0.800. The van der Waals surface area contributed by atoms with Crippen LogP contribution in [0.15, 0.2) is 0 Å². The maximum absolute atomic E-state index is 11.3. The molecule has 1 aliphatic rings. The Hall–Kier alpha value is -0.510. The minimum atomic E-state index is -1.71. The number of carbonyl (C=O) groups is 1. The minimum absolute atomic E-state index is 0.0495. The van der Waals surface area contributed by atoms with E-state index in [1.807, 2.05) is 13.8 Å².